The van der Waals surface area contributed by atoms with Gasteiger partial charge in [-0.3, -0.25) is 5.10 Å². The van der Waals surface area contributed by atoms with Gasteiger partial charge in [0.2, 0.25) is 5.88 Å². The van der Waals surface area contributed by atoms with Crippen LogP contribution >= 0.6 is 11.6 Å². The summed E-state index contributed by atoms with van der Waals surface area (Å²) in [6.45, 7) is 0. The van der Waals surface area contributed by atoms with E-state index in [9.17, 15) is 18.0 Å². The molecule has 0 saturated heterocycles. The summed E-state index contributed by atoms with van der Waals surface area (Å²) in [7, 11) is 0. The fourth-order valence-electron chi connectivity index (χ4n) is 2.69. The lowest BCUT2D eigenvalue weighted by Gasteiger charge is -2.12. The van der Waals surface area contributed by atoms with Gasteiger partial charge in [-0.15, -0.1) is 0 Å². The Bertz CT molecular complexity index is 1270. The van der Waals surface area contributed by atoms with Crippen LogP contribution in [0.5, 0.6) is 11.6 Å². The third-order valence-electron chi connectivity index (χ3n) is 4.16. The van der Waals surface area contributed by atoms with Crippen molar-refractivity contribution in [1.29, 1.82) is 0 Å². The number of ether oxygens (including phenoxy) is 1. The van der Waals surface area contributed by atoms with Gasteiger partial charge in [-0.2, -0.15) is 18.3 Å². The summed E-state index contributed by atoms with van der Waals surface area (Å²) in [5.74, 6) is 1.14. The summed E-state index contributed by atoms with van der Waals surface area (Å²) in [4.78, 5) is 24.3. The minimum Gasteiger partial charge on any atom is -0.439 e. The molecule has 0 aliphatic carbocycles. The number of anilines is 2. The van der Waals surface area contributed by atoms with E-state index >= 15 is 0 Å². The molecule has 4 aromatic rings. The number of aromatic amines is 1. The van der Waals surface area contributed by atoms with Crippen LogP contribution in [0.1, 0.15) is 5.56 Å². The summed E-state index contributed by atoms with van der Waals surface area (Å²) in [6, 6.07) is 10.2. The molecular formula is C20H13ClF3N7O2. The first-order chi connectivity index (χ1) is 15.8. The molecule has 0 bridgehead atoms. The number of hydrogen-bond donors (Lipinski definition) is 3. The largest absolute Gasteiger partial charge is 0.439 e. The van der Waals surface area contributed by atoms with E-state index in [0.29, 0.717) is 23.0 Å². The summed E-state index contributed by atoms with van der Waals surface area (Å²) in [5, 5.41) is 10.8. The quantitative estimate of drug-likeness (QED) is 0.357. The number of amides is 2. The van der Waals surface area contributed by atoms with Crippen LogP contribution in [-0.4, -0.2) is 31.2 Å². The maximum absolute atomic E-state index is 13.0. The monoisotopic (exact) mass is 475 g/mol. The topological polar surface area (TPSA) is 118 Å². The molecule has 168 valence electrons. The van der Waals surface area contributed by atoms with Gasteiger partial charge < -0.3 is 15.4 Å². The molecule has 0 saturated carbocycles. The highest BCUT2D eigenvalue weighted by molar-refractivity contribution is 6.31. The van der Waals surface area contributed by atoms with Crippen LogP contribution < -0.4 is 15.4 Å². The molecule has 3 N–H and O–H groups in total. The number of rotatable bonds is 5. The van der Waals surface area contributed by atoms with Crippen molar-refractivity contribution >= 4 is 29.0 Å². The Morgan fingerprint density at radius 1 is 0.939 bits per heavy atom. The summed E-state index contributed by atoms with van der Waals surface area (Å²) in [5.41, 5.74) is -0.228. The second-order valence-electron chi connectivity index (χ2n) is 6.47. The van der Waals surface area contributed by atoms with Crippen molar-refractivity contribution in [2.24, 2.45) is 0 Å². The van der Waals surface area contributed by atoms with Gasteiger partial charge in [0.1, 0.15) is 24.1 Å². The molecule has 4 rings (SSSR count). The van der Waals surface area contributed by atoms with E-state index in [1.165, 1.54) is 18.7 Å². The fourth-order valence-corrected chi connectivity index (χ4v) is 2.92. The Hall–Kier alpha value is -4.19. The first-order valence-electron chi connectivity index (χ1n) is 9.18. The van der Waals surface area contributed by atoms with Crippen molar-refractivity contribution < 1.29 is 22.7 Å². The summed E-state index contributed by atoms with van der Waals surface area (Å²) >= 11 is 5.58. The normalized spacial score (nSPS) is 11.2. The SMILES string of the molecule is O=C(Nc1ccc(Oc2cc(-c3ncn[nH]3)ncn2)cc1)Nc1ccc(Cl)c(C(F)(F)F)c1. The molecule has 0 aliphatic rings. The molecule has 9 nitrogen and oxygen atoms in total. The van der Waals surface area contributed by atoms with Gasteiger partial charge in [0.25, 0.3) is 0 Å². The van der Waals surface area contributed by atoms with E-state index < -0.39 is 22.8 Å². The molecule has 0 atom stereocenters. The molecule has 2 aromatic carbocycles. The molecule has 33 heavy (non-hydrogen) atoms. The van der Waals surface area contributed by atoms with Crippen molar-refractivity contribution in [1.82, 2.24) is 25.1 Å². The Balaban J connectivity index is 1.38. The maximum atomic E-state index is 13.0. The third-order valence-corrected chi connectivity index (χ3v) is 4.49. The van der Waals surface area contributed by atoms with E-state index in [1.54, 1.807) is 30.3 Å². The van der Waals surface area contributed by atoms with E-state index in [1.807, 2.05) is 0 Å². The molecule has 0 spiro atoms. The zero-order chi connectivity index (χ0) is 23.4. The molecule has 0 radical (unpaired) electrons. The lowest BCUT2D eigenvalue weighted by Crippen LogP contribution is -2.19. The Morgan fingerprint density at radius 3 is 2.36 bits per heavy atom. The number of benzene rings is 2. The van der Waals surface area contributed by atoms with E-state index in [-0.39, 0.29) is 11.6 Å². The van der Waals surface area contributed by atoms with Gasteiger partial charge in [0, 0.05) is 17.4 Å². The van der Waals surface area contributed by atoms with Crippen LogP contribution in [0.4, 0.5) is 29.3 Å². The van der Waals surface area contributed by atoms with Crippen LogP contribution in [0.2, 0.25) is 5.02 Å². The Morgan fingerprint density at radius 2 is 1.67 bits per heavy atom. The number of nitrogens with zero attached hydrogens (tertiary/aromatic N) is 4. The molecule has 0 unspecified atom stereocenters. The predicted octanol–water partition coefficient (Wildman–Crippen LogP) is 5.37. The molecular weight excluding hydrogens is 463 g/mol. The van der Waals surface area contributed by atoms with Crippen molar-refractivity contribution in [2.75, 3.05) is 10.6 Å². The predicted molar refractivity (Wildman–Crippen MR) is 113 cm³/mol. The number of hydrogen-bond acceptors (Lipinski definition) is 6. The smallest absolute Gasteiger partial charge is 0.417 e. The minimum atomic E-state index is -4.64. The number of urea groups is 1. The molecule has 13 heteroatoms. The van der Waals surface area contributed by atoms with Gasteiger partial charge in [-0.25, -0.2) is 19.7 Å². The van der Waals surface area contributed by atoms with Gasteiger partial charge in [0.05, 0.1) is 10.6 Å². The number of H-pyrrole nitrogens is 1. The van der Waals surface area contributed by atoms with Crippen molar-refractivity contribution in [3.8, 4) is 23.1 Å². The molecule has 0 aliphatic heterocycles. The highest BCUT2D eigenvalue weighted by Crippen LogP contribution is 2.36. The number of alkyl halides is 3. The summed E-state index contributed by atoms with van der Waals surface area (Å²) in [6.07, 6.45) is -1.98. The van der Waals surface area contributed by atoms with Crippen molar-refractivity contribution in [3.63, 3.8) is 0 Å². The highest BCUT2D eigenvalue weighted by Gasteiger charge is 2.33. The minimum absolute atomic E-state index is 0.0597. The maximum Gasteiger partial charge on any atom is 0.417 e. The second kappa shape index (κ2) is 9.12. The number of carbonyl (C=O) groups is 1. The zero-order valence-electron chi connectivity index (χ0n) is 16.4. The molecule has 0 fully saturated rings. The number of aromatic nitrogens is 5. The van der Waals surface area contributed by atoms with E-state index in [0.717, 1.165) is 12.1 Å². The van der Waals surface area contributed by atoms with Gasteiger partial charge in [0.15, 0.2) is 5.82 Å². The lowest BCUT2D eigenvalue weighted by atomic mass is 10.2. The fraction of sp³-hybridized carbons (Fsp3) is 0.0500. The number of nitrogens with one attached hydrogen (secondary N) is 3. The second-order valence-corrected chi connectivity index (χ2v) is 6.88. The Labute approximate surface area is 189 Å². The van der Waals surface area contributed by atoms with Gasteiger partial charge in [-0.05, 0) is 42.5 Å². The summed E-state index contributed by atoms with van der Waals surface area (Å²) < 4.78 is 44.6. The number of halogens is 4. The van der Waals surface area contributed by atoms with Crippen LogP contribution in [-0.2, 0) is 6.18 Å². The first kappa shape index (κ1) is 22.0. The molecule has 2 heterocycles. The van der Waals surface area contributed by atoms with Crippen LogP contribution in [0, 0.1) is 0 Å². The zero-order valence-corrected chi connectivity index (χ0v) is 17.1. The third kappa shape index (κ3) is 5.54. The van der Waals surface area contributed by atoms with Crippen LogP contribution in [0.3, 0.4) is 0 Å². The Kier molecular flexibility index (Phi) is 6.09. The molecule has 2 amide bonds. The van der Waals surface area contributed by atoms with Crippen molar-refractivity contribution in [2.45, 2.75) is 6.18 Å². The van der Waals surface area contributed by atoms with Crippen LogP contribution in [0.25, 0.3) is 11.5 Å². The highest BCUT2D eigenvalue weighted by atomic mass is 35.5. The van der Waals surface area contributed by atoms with E-state index in [2.05, 4.69) is 35.8 Å². The first-order valence-corrected chi connectivity index (χ1v) is 9.56. The van der Waals surface area contributed by atoms with E-state index in [4.69, 9.17) is 16.3 Å². The average Bonchev–Trinajstić information content (AvgIpc) is 3.31. The van der Waals surface area contributed by atoms with Gasteiger partial charge in [-0.1, -0.05) is 11.6 Å². The van der Waals surface area contributed by atoms with Gasteiger partial charge >= 0.3 is 12.2 Å². The molecule has 2 aromatic heterocycles. The lowest BCUT2D eigenvalue weighted by molar-refractivity contribution is -0.137. The van der Waals surface area contributed by atoms with Crippen molar-refractivity contribution in [3.05, 3.63) is 71.8 Å². The standard InChI is InChI=1S/C20H13ClF3N7O2/c21-15-6-3-12(7-14(15)20(22,23)24)30-19(32)29-11-1-4-13(5-2-11)33-17-8-16(25-9-26-17)18-27-10-28-31-18/h1-10H,(H,27,28,31)(H2,29,30,32). The number of carbonyl (C=O) groups excluding carboxylic acids is 1. The average molecular weight is 476 g/mol. The van der Waals surface area contributed by atoms with Crippen LogP contribution in [0.15, 0.2) is 61.2 Å².